The third-order valence-corrected chi connectivity index (χ3v) is 5.39. The van der Waals surface area contributed by atoms with Crippen LogP contribution in [0.1, 0.15) is 25.7 Å². The molecule has 0 aliphatic heterocycles. The van der Waals surface area contributed by atoms with Gasteiger partial charge >= 0.3 is 0 Å². The number of aromatic nitrogens is 2. The summed E-state index contributed by atoms with van der Waals surface area (Å²) in [5, 5.41) is 10.7. The van der Waals surface area contributed by atoms with Gasteiger partial charge in [0.2, 0.25) is 5.91 Å². The van der Waals surface area contributed by atoms with Gasteiger partial charge in [-0.05, 0) is 37.1 Å². The summed E-state index contributed by atoms with van der Waals surface area (Å²) in [6, 6.07) is 7.69. The lowest BCUT2D eigenvalue weighted by molar-refractivity contribution is -0.121. The Kier molecular flexibility index (Phi) is 4.23. The molecule has 1 aromatic heterocycles. The molecule has 1 aliphatic rings. The minimum Gasteiger partial charge on any atom is -0.324 e. The first kappa shape index (κ1) is 14.5. The highest BCUT2D eigenvalue weighted by Gasteiger charge is 2.36. The van der Waals surface area contributed by atoms with Gasteiger partial charge in [-0.25, -0.2) is 0 Å². The first-order valence-corrected chi connectivity index (χ1v) is 8.50. The van der Waals surface area contributed by atoms with Crippen LogP contribution in [0.3, 0.4) is 0 Å². The summed E-state index contributed by atoms with van der Waals surface area (Å²) in [7, 11) is 0. The Morgan fingerprint density at radius 3 is 2.62 bits per heavy atom. The molecule has 0 atom stereocenters. The number of carbonyl (C=O) groups is 1. The molecular formula is C14H16N4OS2. The van der Waals surface area contributed by atoms with E-state index in [4.69, 9.17) is 5.73 Å². The number of anilines is 1. The molecule has 0 radical (unpaired) electrons. The van der Waals surface area contributed by atoms with Crippen molar-refractivity contribution in [2.45, 2.75) is 40.5 Å². The second kappa shape index (κ2) is 6.13. The summed E-state index contributed by atoms with van der Waals surface area (Å²) >= 11 is 3.06. The predicted molar refractivity (Wildman–Crippen MR) is 84.5 cm³/mol. The maximum Gasteiger partial charge on any atom is 0.244 e. The van der Waals surface area contributed by atoms with E-state index in [0.29, 0.717) is 0 Å². The van der Waals surface area contributed by atoms with Crippen LogP contribution in [-0.4, -0.2) is 21.6 Å². The quantitative estimate of drug-likeness (QED) is 0.905. The van der Waals surface area contributed by atoms with E-state index in [1.165, 1.54) is 11.3 Å². The molecular weight excluding hydrogens is 304 g/mol. The number of hydrogen-bond donors (Lipinski definition) is 2. The van der Waals surface area contributed by atoms with Crippen molar-refractivity contribution in [3.05, 3.63) is 29.8 Å². The van der Waals surface area contributed by atoms with Crippen molar-refractivity contribution in [1.82, 2.24) is 10.2 Å². The summed E-state index contributed by atoms with van der Waals surface area (Å²) in [5.74, 6) is -0.0791. The second-order valence-corrected chi connectivity index (χ2v) is 7.30. The van der Waals surface area contributed by atoms with Gasteiger partial charge in [0.05, 0.1) is 5.54 Å². The van der Waals surface area contributed by atoms with Gasteiger partial charge in [-0.1, -0.05) is 35.9 Å². The van der Waals surface area contributed by atoms with Crippen molar-refractivity contribution < 1.29 is 4.79 Å². The SMILES string of the molecule is NC1(C(=O)Nc2ccc(Sc3nncs3)cc2)CCCC1. The fraction of sp³-hybridized carbons (Fsp3) is 0.357. The highest BCUT2D eigenvalue weighted by atomic mass is 32.2. The standard InChI is InChI=1S/C14H16N4OS2/c15-14(7-1-2-8-14)12(19)17-10-3-5-11(6-4-10)21-13-18-16-9-20-13/h3-6,9H,1-2,7-8,15H2,(H,17,19). The predicted octanol–water partition coefficient (Wildman–Crippen LogP) is 2.90. The monoisotopic (exact) mass is 320 g/mol. The first-order chi connectivity index (χ1) is 10.2. The Balaban J connectivity index is 1.63. The molecule has 110 valence electrons. The van der Waals surface area contributed by atoms with Crippen LogP contribution in [0.4, 0.5) is 5.69 Å². The molecule has 0 bridgehead atoms. The molecule has 3 rings (SSSR count). The second-order valence-electron chi connectivity index (χ2n) is 5.15. The maximum absolute atomic E-state index is 12.2. The van der Waals surface area contributed by atoms with Gasteiger partial charge in [-0.15, -0.1) is 10.2 Å². The van der Waals surface area contributed by atoms with E-state index >= 15 is 0 Å². The van der Waals surface area contributed by atoms with Crippen molar-refractivity contribution in [3.8, 4) is 0 Å². The van der Waals surface area contributed by atoms with Crippen LogP contribution in [0.25, 0.3) is 0 Å². The van der Waals surface area contributed by atoms with Gasteiger partial charge < -0.3 is 11.1 Å². The first-order valence-electron chi connectivity index (χ1n) is 6.80. The number of nitrogens with two attached hydrogens (primary N) is 1. The molecule has 0 unspecified atom stereocenters. The molecule has 0 saturated heterocycles. The van der Waals surface area contributed by atoms with E-state index in [-0.39, 0.29) is 5.91 Å². The molecule has 1 aromatic carbocycles. The number of nitrogens with zero attached hydrogens (tertiary/aromatic N) is 2. The lowest BCUT2D eigenvalue weighted by Gasteiger charge is -2.22. The minimum absolute atomic E-state index is 0.0791. The molecule has 3 N–H and O–H groups in total. The van der Waals surface area contributed by atoms with Crippen molar-refractivity contribution in [3.63, 3.8) is 0 Å². The zero-order valence-corrected chi connectivity index (χ0v) is 13.0. The van der Waals surface area contributed by atoms with Crippen LogP contribution in [-0.2, 0) is 4.79 Å². The van der Waals surface area contributed by atoms with Crippen LogP contribution >= 0.6 is 23.1 Å². The number of hydrogen-bond acceptors (Lipinski definition) is 6. The Hall–Kier alpha value is -1.44. The average molecular weight is 320 g/mol. The number of nitrogens with one attached hydrogen (secondary N) is 1. The van der Waals surface area contributed by atoms with Gasteiger partial charge in [0, 0.05) is 10.6 Å². The Labute approximate surface area is 131 Å². The van der Waals surface area contributed by atoms with Gasteiger partial charge in [-0.3, -0.25) is 4.79 Å². The van der Waals surface area contributed by atoms with Crippen LogP contribution in [0.2, 0.25) is 0 Å². The van der Waals surface area contributed by atoms with E-state index in [9.17, 15) is 4.79 Å². The van der Waals surface area contributed by atoms with Gasteiger partial charge in [0.15, 0.2) is 4.34 Å². The fourth-order valence-electron chi connectivity index (χ4n) is 2.40. The van der Waals surface area contributed by atoms with Crippen LogP contribution in [0, 0.1) is 0 Å². The van der Waals surface area contributed by atoms with Crippen LogP contribution in [0.5, 0.6) is 0 Å². The summed E-state index contributed by atoms with van der Waals surface area (Å²) < 4.78 is 0.902. The van der Waals surface area contributed by atoms with Crippen LogP contribution in [0.15, 0.2) is 39.0 Å². The van der Waals surface area contributed by atoms with Crippen molar-refractivity contribution in [2.24, 2.45) is 5.73 Å². The lowest BCUT2D eigenvalue weighted by Crippen LogP contribution is -2.48. The smallest absolute Gasteiger partial charge is 0.244 e. The van der Waals surface area contributed by atoms with E-state index in [1.54, 1.807) is 17.3 Å². The largest absolute Gasteiger partial charge is 0.324 e. The molecule has 1 amide bonds. The molecule has 1 aliphatic carbocycles. The molecule has 2 aromatic rings. The third kappa shape index (κ3) is 3.42. The average Bonchev–Trinajstić information content (AvgIpc) is 3.13. The summed E-state index contributed by atoms with van der Waals surface area (Å²) in [5.41, 5.74) is 7.93. The van der Waals surface area contributed by atoms with Crippen molar-refractivity contribution in [1.29, 1.82) is 0 Å². The number of rotatable bonds is 4. The molecule has 21 heavy (non-hydrogen) atoms. The van der Waals surface area contributed by atoms with Crippen LogP contribution < -0.4 is 11.1 Å². The minimum atomic E-state index is -0.694. The normalized spacial score (nSPS) is 16.8. The summed E-state index contributed by atoms with van der Waals surface area (Å²) in [4.78, 5) is 13.3. The van der Waals surface area contributed by atoms with E-state index in [0.717, 1.165) is 40.6 Å². The van der Waals surface area contributed by atoms with E-state index in [2.05, 4.69) is 15.5 Å². The Morgan fingerprint density at radius 1 is 1.29 bits per heavy atom. The molecule has 1 heterocycles. The molecule has 0 spiro atoms. The Bertz CT molecular complexity index is 606. The molecule has 1 saturated carbocycles. The molecule has 5 nitrogen and oxygen atoms in total. The highest BCUT2D eigenvalue weighted by Crippen LogP contribution is 2.30. The topological polar surface area (TPSA) is 80.9 Å². The molecule has 7 heteroatoms. The lowest BCUT2D eigenvalue weighted by atomic mass is 9.98. The van der Waals surface area contributed by atoms with Gasteiger partial charge in [0.1, 0.15) is 5.51 Å². The highest BCUT2D eigenvalue weighted by molar-refractivity contribution is 8.01. The Morgan fingerprint density at radius 2 is 2.00 bits per heavy atom. The summed E-state index contributed by atoms with van der Waals surface area (Å²) in [6.07, 6.45) is 3.59. The fourth-order valence-corrected chi connectivity index (χ4v) is 3.85. The molecule has 1 fully saturated rings. The number of carbonyl (C=O) groups excluding carboxylic acids is 1. The third-order valence-electron chi connectivity index (χ3n) is 3.61. The number of amides is 1. The van der Waals surface area contributed by atoms with E-state index in [1.807, 2.05) is 24.3 Å². The summed E-state index contributed by atoms with van der Waals surface area (Å²) in [6.45, 7) is 0. The van der Waals surface area contributed by atoms with Crippen molar-refractivity contribution in [2.75, 3.05) is 5.32 Å². The zero-order valence-electron chi connectivity index (χ0n) is 11.4. The van der Waals surface area contributed by atoms with Gasteiger partial charge in [0.25, 0.3) is 0 Å². The maximum atomic E-state index is 12.2. The van der Waals surface area contributed by atoms with E-state index < -0.39 is 5.54 Å². The van der Waals surface area contributed by atoms with Gasteiger partial charge in [-0.2, -0.15) is 0 Å². The number of benzene rings is 1. The van der Waals surface area contributed by atoms with Crippen molar-refractivity contribution >= 4 is 34.7 Å². The zero-order chi connectivity index (χ0) is 14.7.